The molecular formula is C18H21N7O4S. The number of rotatable bonds is 4. The molecule has 3 aromatic heterocycles. The maximum absolute atomic E-state index is 12.9. The number of hydrogen-bond acceptors (Lipinski definition) is 7. The first-order valence-corrected chi connectivity index (χ1v) is 10.8. The topological polar surface area (TPSA) is 126 Å². The van der Waals surface area contributed by atoms with Gasteiger partial charge in [-0.1, -0.05) is 5.16 Å². The second-order valence-corrected chi connectivity index (χ2v) is 8.71. The van der Waals surface area contributed by atoms with Crippen LogP contribution in [0.25, 0.3) is 5.82 Å². The monoisotopic (exact) mass is 431 g/mol. The van der Waals surface area contributed by atoms with Gasteiger partial charge in [0.15, 0.2) is 11.6 Å². The van der Waals surface area contributed by atoms with E-state index in [1.54, 1.807) is 60.2 Å². The third-order valence-electron chi connectivity index (χ3n) is 4.83. The normalized spacial score (nSPS) is 15.3. The molecule has 4 heterocycles. The minimum Gasteiger partial charge on any atom is -0.360 e. The molecule has 158 valence electrons. The fraction of sp³-hybridized carbons (Fsp3) is 0.333. The Kier molecular flexibility index (Phi) is 5.26. The van der Waals surface area contributed by atoms with E-state index in [4.69, 9.17) is 4.52 Å². The molecule has 3 aromatic rings. The van der Waals surface area contributed by atoms with Gasteiger partial charge < -0.3 is 14.7 Å². The van der Waals surface area contributed by atoms with E-state index in [1.807, 2.05) is 0 Å². The molecule has 0 atom stereocenters. The molecule has 1 aliphatic heterocycles. The number of anilines is 1. The second-order valence-electron chi connectivity index (χ2n) is 6.83. The Morgan fingerprint density at radius 2 is 1.93 bits per heavy atom. The molecule has 2 amide bonds. The Morgan fingerprint density at radius 3 is 2.50 bits per heavy atom. The van der Waals surface area contributed by atoms with Crippen LogP contribution in [0, 0.1) is 13.8 Å². The van der Waals surface area contributed by atoms with Gasteiger partial charge in [-0.25, -0.2) is 22.9 Å². The number of urea groups is 1. The molecule has 0 saturated carbocycles. The smallest absolute Gasteiger partial charge is 0.321 e. The van der Waals surface area contributed by atoms with E-state index in [9.17, 15) is 13.2 Å². The molecule has 12 heteroatoms. The fourth-order valence-electron chi connectivity index (χ4n) is 3.31. The van der Waals surface area contributed by atoms with Crippen molar-refractivity contribution in [1.29, 1.82) is 0 Å². The number of pyridine rings is 1. The van der Waals surface area contributed by atoms with Crippen LogP contribution in [0.4, 0.5) is 10.5 Å². The lowest BCUT2D eigenvalue weighted by Gasteiger charge is -2.33. The van der Waals surface area contributed by atoms with Crippen LogP contribution >= 0.6 is 0 Å². The molecule has 0 unspecified atom stereocenters. The van der Waals surface area contributed by atoms with Crippen molar-refractivity contribution in [2.24, 2.45) is 0 Å². The van der Waals surface area contributed by atoms with Gasteiger partial charge in [-0.2, -0.15) is 9.40 Å². The molecule has 4 rings (SSSR count). The second kappa shape index (κ2) is 7.88. The van der Waals surface area contributed by atoms with Gasteiger partial charge in [0.25, 0.3) is 0 Å². The molecule has 1 N–H and O–H groups in total. The average Bonchev–Trinajstić information content (AvgIpc) is 3.39. The largest absolute Gasteiger partial charge is 0.360 e. The molecule has 11 nitrogen and oxygen atoms in total. The summed E-state index contributed by atoms with van der Waals surface area (Å²) in [5.41, 5.74) is 0.875. The Morgan fingerprint density at radius 1 is 1.17 bits per heavy atom. The molecule has 0 aliphatic carbocycles. The number of carbonyl (C=O) groups is 1. The summed E-state index contributed by atoms with van der Waals surface area (Å²) in [5.74, 6) is 0.898. The molecule has 1 saturated heterocycles. The summed E-state index contributed by atoms with van der Waals surface area (Å²) >= 11 is 0. The Hall–Kier alpha value is -3.25. The molecule has 30 heavy (non-hydrogen) atoms. The van der Waals surface area contributed by atoms with E-state index in [2.05, 4.69) is 20.6 Å². The highest BCUT2D eigenvalue weighted by atomic mass is 32.2. The minimum atomic E-state index is -3.71. The highest BCUT2D eigenvalue weighted by molar-refractivity contribution is 7.89. The average molecular weight is 431 g/mol. The third kappa shape index (κ3) is 3.78. The van der Waals surface area contributed by atoms with Crippen molar-refractivity contribution in [2.75, 3.05) is 31.5 Å². The van der Waals surface area contributed by atoms with Crippen molar-refractivity contribution in [3.8, 4) is 5.82 Å². The predicted octanol–water partition coefficient (Wildman–Crippen LogP) is 1.41. The van der Waals surface area contributed by atoms with Crippen molar-refractivity contribution in [1.82, 2.24) is 29.1 Å². The zero-order valence-corrected chi connectivity index (χ0v) is 17.3. The quantitative estimate of drug-likeness (QED) is 0.662. The zero-order valence-electron chi connectivity index (χ0n) is 16.5. The van der Waals surface area contributed by atoms with Gasteiger partial charge in [0.05, 0.1) is 11.9 Å². The van der Waals surface area contributed by atoms with Crippen LogP contribution in [0.5, 0.6) is 0 Å². The predicted molar refractivity (Wildman–Crippen MR) is 107 cm³/mol. The van der Waals surface area contributed by atoms with Crippen LogP contribution in [0.1, 0.15) is 11.5 Å². The van der Waals surface area contributed by atoms with Crippen LogP contribution in [0.15, 0.2) is 46.2 Å². The maximum Gasteiger partial charge on any atom is 0.321 e. The van der Waals surface area contributed by atoms with Gasteiger partial charge in [-0.05, 0) is 32.0 Å². The Labute approximate surface area is 173 Å². The first-order valence-electron chi connectivity index (χ1n) is 9.31. The third-order valence-corrected chi connectivity index (χ3v) is 6.97. The molecule has 0 spiro atoms. The molecule has 0 bridgehead atoms. The number of hydrogen-bond donors (Lipinski definition) is 1. The summed E-state index contributed by atoms with van der Waals surface area (Å²) in [6.07, 6.45) is 4.98. The number of piperazine rings is 1. The van der Waals surface area contributed by atoms with Crippen LogP contribution in [0.3, 0.4) is 0 Å². The number of sulfonamides is 1. The van der Waals surface area contributed by atoms with Gasteiger partial charge in [0.1, 0.15) is 10.6 Å². The Balaban J connectivity index is 1.36. The van der Waals surface area contributed by atoms with Crippen LogP contribution in [-0.2, 0) is 10.0 Å². The van der Waals surface area contributed by atoms with Gasteiger partial charge in [0.2, 0.25) is 10.0 Å². The number of aryl methyl sites for hydroxylation is 2. The summed E-state index contributed by atoms with van der Waals surface area (Å²) in [6.45, 7) is 4.09. The molecule has 1 aliphatic rings. The standard InChI is InChI=1S/C18H21N7O4S/c1-13-17(14(2)29-22-13)30(27,28)24-10-8-23(9-11-24)18(26)21-15-4-5-16(19-12-15)25-7-3-6-20-25/h3-7,12H,8-11H2,1-2H3,(H,21,26). The summed E-state index contributed by atoms with van der Waals surface area (Å²) in [4.78, 5) is 18.5. The van der Waals surface area contributed by atoms with Crippen molar-refractivity contribution >= 4 is 21.7 Å². The van der Waals surface area contributed by atoms with Crippen LogP contribution in [0.2, 0.25) is 0 Å². The van der Waals surface area contributed by atoms with Crippen molar-refractivity contribution in [3.63, 3.8) is 0 Å². The molecule has 1 fully saturated rings. The highest BCUT2D eigenvalue weighted by Crippen LogP contribution is 2.24. The Bertz CT molecular complexity index is 1110. The first kappa shape index (κ1) is 20.0. The molecule has 0 aromatic carbocycles. The van der Waals surface area contributed by atoms with E-state index in [0.29, 0.717) is 17.2 Å². The van der Waals surface area contributed by atoms with E-state index < -0.39 is 10.0 Å². The minimum absolute atomic E-state index is 0.101. The van der Waals surface area contributed by atoms with Crippen molar-refractivity contribution in [2.45, 2.75) is 18.7 Å². The van der Waals surface area contributed by atoms with E-state index in [1.165, 1.54) is 4.31 Å². The van der Waals surface area contributed by atoms with Gasteiger partial charge in [0, 0.05) is 38.6 Å². The van der Waals surface area contributed by atoms with Gasteiger partial charge in [-0.3, -0.25) is 0 Å². The SMILES string of the molecule is Cc1noc(C)c1S(=O)(=O)N1CCN(C(=O)Nc2ccc(-n3cccn3)nc2)CC1. The maximum atomic E-state index is 12.9. The summed E-state index contributed by atoms with van der Waals surface area (Å²) < 4.78 is 33.7. The zero-order chi connectivity index (χ0) is 21.3. The fourth-order valence-corrected chi connectivity index (χ4v) is 5.02. The number of amides is 2. The first-order chi connectivity index (χ1) is 14.4. The molecular weight excluding hydrogens is 410 g/mol. The number of aromatic nitrogens is 4. The lowest BCUT2D eigenvalue weighted by atomic mass is 10.3. The van der Waals surface area contributed by atoms with E-state index >= 15 is 0 Å². The highest BCUT2D eigenvalue weighted by Gasteiger charge is 2.34. The van der Waals surface area contributed by atoms with Crippen molar-refractivity contribution < 1.29 is 17.7 Å². The van der Waals surface area contributed by atoms with Crippen LogP contribution in [-0.4, -0.2) is 69.8 Å². The summed E-state index contributed by atoms with van der Waals surface area (Å²) in [7, 11) is -3.71. The van der Waals surface area contributed by atoms with Gasteiger partial charge >= 0.3 is 6.03 Å². The van der Waals surface area contributed by atoms with E-state index in [-0.39, 0.29) is 42.9 Å². The number of nitrogens with zero attached hydrogens (tertiary/aromatic N) is 6. The molecule has 0 radical (unpaired) electrons. The lowest BCUT2D eigenvalue weighted by molar-refractivity contribution is 0.184. The summed E-state index contributed by atoms with van der Waals surface area (Å²) in [5, 5.41) is 10.6. The lowest BCUT2D eigenvalue weighted by Crippen LogP contribution is -2.51. The van der Waals surface area contributed by atoms with Gasteiger partial charge in [-0.15, -0.1) is 0 Å². The number of nitrogens with one attached hydrogen (secondary N) is 1. The number of carbonyl (C=O) groups excluding carboxylic acids is 1. The van der Waals surface area contributed by atoms with E-state index in [0.717, 1.165) is 0 Å². The van der Waals surface area contributed by atoms with Crippen molar-refractivity contribution in [3.05, 3.63) is 48.2 Å². The summed E-state index contributed by atoms with van der Waals surface area (Å²) in [6, 6.07) is 4.97. The van der Waals surface area contributed by atoms with Crippen LogP contribution < -0.4 is 5.32 Å².